The van der Waals surface area contributed by atoms with Crippen LogP contribution >= 0.6 is 11.6 Å². The Labute approximate surface area is 135 Å². The van der Waals surface area contributed by atoms with Gasteiger partial charge in [-0.25, -0.2) is 0 Å². The minimum Gasteiger partial charge on any atom is -0.484 e. The molecule has 2 aromatic carbocycles. The number of carbonyl (C=O) groups excluding carboxylic acids is 1. The van der Waals surface area contributed by atoms with Crippen molar-refractivity contribution in [2.45, 2.75) is 19.8 Å². The Hall–Kier alpha value is -2.00. The summed E-state index contributed by atoms with van der Waals surface area (Å²) >= 11 is 5.83. The fraction of sp³-hybridized carbons (Fsp3) is 0.278. The maximum Gasteiger partial charge on any atom is 0.264 e. The van der Waals surface area contributed by atoms with Crippen molar-refractivity contribution in [3.8, 4) is 5.75 Å². The van der Waals surface area contributed by atoms with Crippen molar-refractivity contribution in [1.82, 2.24) is 0 Å². The number of fused-ring (bicyclic) bond motifs is 1. The van der Waals surface area contributed by atoms with Gasteiger partial charge in [0.1, 0.15) is 5.75 Å². The quantitative estimate of drug-likeness (QED) is 0.856. The van der Waals surface area contributed by atoms with E-state index >= 15 is 0 Å². The zero-order valence-electron chi connectivity index (χ0n) is 12.5. The van der Waals surface area contributed by atoms with Gasteiger partial charge in [0.25, 0.3) is 5.91 Å². The first-order valence-corrected chi connectivity index (χ1v) is 7.79. The molecular formula is C18H18ClNO2. The van der Waals surface area contributed by atoms with Gasteiger partial charge in [-0.1, -0.05) is 29.3 Å². The molecule has 0 spiro atoms. The average molecular weight is 316 g/mol. The molecule has 0 saturated carbocycles. The van der Waals surface area contributed by atoms with Gasteiger partial charge in [0.15, 0.2) is 6.61 Å². The van der Waals surface area contributed by atoms with Gasteiger partial charge in [-0.15, -0.1) is 0 Å². The van der Waals surface area contributed by atoms with Crippen LogP contribution in [0, 0.1) is 6.92 Å². The van der Waals surface area contributed by atoms with Crippen molar-refractivity contribution < 1.29 is 9.53 Å². The van der Waals surface area contributed by atoms with Crippen LogP contribution in [0.4, 0.5) is 5.69 Å². The fourth-order valence-corrected chi connectivity index (χ4v) is 2.86. The summed E-state index contributed by atoms with van der Waals surface area (Å²) < 4.78 is 5.56. The van der Waals surface area contributed by atoms with Crippen LogP contribution < -0.4 is 9.64 Å². The minimum atomic E-state index is -0.0141. The van der Waals surface area contributed by atoms with Crippen LogP contribution in [0.2, 0.25) is 5.02 Å². The summed E-state index contributed by atoms with van der Waals surface area (Å²) in [5.74, 6) is 0.638. The smallest absolute Gasteiger partial charge is 0.264 e. The molecule has 0 N–H and O–H groups in total. The van der Waals surface area contributed by atoms with E-state index in [1.807, 2.05) is 17.0 Å². The van der Waals surface area contributed by atoms with Gasteiger partial charge >= 0.3 is 0 Å². The van der Waals surface area contributed by atoms with Crippen LogP contribution in [-0.2, 0) is 11.2 Å². The second-order valence-electron chi connectivity index (χ2n) is 5.52. The molecule has 0 atom stereocenters. The molecule has 4 heteroatoms. The Bertz CT molecular complexity index is 682. The highest BCUT2D eigenvalue weighted by Gasteiger charge is 2.22. The molecule has 0 unspecified atom stereocenters. The molecule has 3 nitrogen and oxygen atoms in total. The summed E-state index contributed by atoms with van der Waals surface area (Å²) in [7, 11) is 0. The average Bonchev–Trinajstić information content (AvgIpc) is 2.53. The minimum absolute atomic E-state index is 0.0141. The largest absolute Gasteiger partial charge is 0.484 e. The molecule has 1 aliphatic heterocycles. The van der Waals surface area contributed by atoms with Crippen LogP contribution in [0.15, 0.2) is 42.5 Å². The molecule has 1 heterocycles. The summed E-state index contributed by atoms with van der Waals surface area (Å²) in [6.45, 7) is 2.86. The molecule has 0 radical (unpaired) electrons. The number of anilines is 1. The van der Waals surface area contributed by atoms with E-state index in [0.29, 0.717) is 10.8 Å². The summed E-state index contributed by atoms with van der Waals surface area (Å²) in [6.07, 6.45) is 2.02. The first kappa shape index (κ1) is 14.9. The first-order valence-electron chi connectivity index (χ1n) is 7.42. The third-order valence-corrected chi connectivity index (χ3v) is 4.08. The maximum absolute atomic E-state index is 12.5. The summed E-state index contributed by atoms with van der Waals surface area (Å²) in [4.78, 5) is 14.3. The maximum atomic E-state index is 12.5. The van der Waals surface area contributed by atoms with E-state index in [2.05, 4.69) is 13.0 Å². The topological polar surface area (TPSA) is 29.5 Å². The van der Waals surface area contributed by atoms with Gasteiger partial charge in [0, 0.05) is 17.3 Å². The van der Waals surface area contributed by atoms with E-state index in [1.165, 1.54) is 11.1 Å². The number of amides is 1. The lowest BCUT2D eigenvalue weighted by molar-refractivity contribution is -0.120. The van der Waals surface area contributed by atoms with Gasteiger partial charge in [-0.2, -0.15) is 0 Å². The van der Waals surface area contributed by atoms with Crippen molar-refractivity contribution in [1.29, 1.82) is 0 Å². The monoisotopic (exact) mass is 315 g/mol. The second kappa shape index (κ2) is 6.41. The van der Waals surface area contributed by atoms with Crippen molar-refractivity contribution in [2.24, 2.45) is 0 Å². The number of ether oxygens (including phenoxy) is 1. The van der Waals surface area contributed by atoms with Crippen LogP contribution in [0.3, 0.4) is 0 Å². The van der Waals surface area contributed by atoms with Crippen molar-refractivity contribution in [2.75, 3.05) is 18.1 Å². The van der Waals surface area contributed by atoms with Crippen molar-refractivity contribution >= 4 is 23.2 Å². The van der Waals surface area contributed by atoms with Crippen LogP contribution in [-0.4, -0.2) is 19.1 Å². The molecule has 0 bridgehead atoms. The van der Waals surface area contributed by atoms with Gasteiger partial charge in [0.2, 0.25) is 0 Å². The van der Waals surface area contributed by atoms with Crippen molar-refractivity contribution in [3.05, 3.63) is 58.6 Å². The van der Waals surface area contributed by atoms with E-state index in [9.17, 15) is 4.79 Å². The van der Waals surface area contributed by atoms with E-state index in [1.54, 1.807) is 24.3 Å². The number of carbonyl (C=O) groups is 1. The molecule has 0 aliphatic carbocycles. The van der Waals surface area contributed by atoms with Crippen LogP contribution in [0.1, 0.15) is 17.5 Å². The molecule has 1 amide bonds. The first-order chi connectivity index (χ1) is 10.6. The number of aryl methyl sites for hydroxylation is 2. The lowest BCUT2D eigenvalue weighted by Crippen LogP contribution is -2.38. The van der Waals surface area contributed by atoms with Crippen LogP contribution in [0.25, 0.3) is 0 Å². The molecule has 0 aromatic heterocycles. The number of rotatable bonds is 3. The molecule has 0 fully saturated rings. The zero-order valence-corrected chi connectivity index (χ0v) is 13.3. The number of nitrogens with zero attached hydrogens (tertiary/aromatic N) is 1. The number of halogens is 1. The fourth-order valence-electron chi connectivity index (χ4n) is 2.74. The van der Waals surface area contributed by atoms with E-state index in [0.717, 1.165) is 25.1 Å². The van der Waals surface area contributed by atoms with Gasteiger partial charge < -0.3 is 9.64 Å². The molecule has 0 saturated heterocycles. The molecule has 22 heavy (non-hydrogen) atoms. The molecule has 114 valence electrons. The highest BCUT2D eigenvalue weighted by Crippen LogP contribution is 2.28. The second-order valence-corrected chi connectivity index (χ2v) is 5.96. The van der Waals surface area contributed by atoms with Gasteiger partial charge in [0.05, 0.1) is 0 Å². The van der Waals surface area contributed by atoms with E-state index in [-0.39, 0.29) is 12.5 Å². The Morgan fingerprint density at radius 2 is 2.00 bits per heavy atom. The van der Waals surface area contributed by atoms with E-state index < -0.39 is 0 Å². The van der Waals surface area contributed by atoms with Crippen LogP contribution in [0.5, 0.6) is 5.75 Å². The highest BCUT2D eigenvalue weighted by molar-refractivity contribution is 6.30. The lowest BCUT2D eigenvalue weighted by atomic mass is 9.99. The third kappa shape index (κ3) is 3.25. The molecule has 1 aliphatic rings. The van der Waals surface area contributed by atoms with Gasteiger partial charge in [-0.3, -0.25) is 4.79 Å². The van der Waals surface area contributed by atoms with Gasteiger partial charge in [-0.05, 0) is 55.7 Å². The number of benzene rings is 2. The number of hydrogen-bond acceptors (Lipinski definition) is 2. The SMILES string of the molecule is Cc1ccc2c(c1)CCCN2C(=O)COc1ccc(Cl)cc1. The summed E-state index contributed by atoms with van der Waals surface area (Å²) in [6, 6.07) is 13.3. The van der Waals surface area contributed by atoms with E-state index in [4.69, 9.17) is 16.3 Å². The Morgan fingerprint density at radius 1 is 1.23 bits per heavy atom. The summed E-state index contributed by atoms with van der Waals surface area (Å²) in [5.41, 5.74) is 3.48. The summed E-state index contributed by atoms with van der Waals surface area (Å²) in [5, 5.41) is 0.652. The predicted molar refractivity (Wildman–Crippen MR) is 88.8 cm³/mol. The predicted octanol–water partition coefficient (Wildman–Crippen LogP) is 4.01. The highest BCUT2D eigenvalue weighted by atomic mass is 35.5. The third-order valence-electron chi connectivity index (χ3n) is 3.83. The Balaban J connectivity index is 1.70. The Morgan fingerprint density at radius 3 is 2.77 bits per heavy atom. The molecular weight excluding hydrogens is 298 g/mol. The molecule has 3 rings (SSSR count). The standard InChI is InChI=1S/C18H18ClNO2/c1-13-4-9-17-14(11-13)3-2-10-20(17)18(21)12-22-16-7-5-15(19)6-8-16/h4-9,11H,2-3,10,12H2,1H3. The Kier molecular flexibility index (Phi) is 4.34. The van der Waals surface area contributed by atoms with Crippen molar-refractivity contribution in [3.63, 3.8) is 0 Å². The zero-order chi connectivity index (χ0) is 15.5. The lowest BCUT2D eigenvalue weighted by Gasteiger charge is -2.29. The molecule has 2 aromatic rings. The number of hydrogen-bond donors (Lipinski definition) is 0. The normalized spacial score (nSPS) is 13.6.